The number of amides is 2. The molecular weight excluding hydrogens is 356 g/mol. The lowest BCUT2D eigenvalue weighted by molar-refractivity contribution is 0.0919. The summed E-state index contributed by atoms with van der Waals surface area (Å²) in [5.41, 5.74) is 1.29. The van der Waals surface area contributed by atoms with Gasteiger partial charge >= 0.3 is 0 Å². The van der Waals surface area contributed by atoms with Crippen LogP contribution in [-0.4, -0.2) is 30.6 Å². The minimum absolute atomic E-state index is 0.154. The number of carbonyl (C=O) groups excluding carboxylic acids is 2. The number of carbonyl (C=O) groups is 2. The van der Waals surface area contributed by atoms with Crippen LogP contribution < -0.4 is 20.1 Å². The van der Waals surface area contributed by atoms with Gasteiger partial charge in [0.1, 0.15) is 0 Å². The van der Waals surface area contributed by atoms with Gasteiger partial charge in [0.05, 0.1) is 13.2 Å². The van der Waals surface area contributed by atoms with Crippen LogP contribution in [0.5, 0.6) is 11.5 Å². The van der Waals surface area contributed by atoms with Gasteiger partial charge in [-0.05, 0) is 77.1 Å². The Morgan fingerprint density at radius 3 is 1.96 bits per heavy atom. The zero-order valence-electron chi connectivity index (χ0n) is 17.1. The van der Waals surface area contributed by atoms with Crippen molar-refractivity contribution in [1.29, 1.82) is 0 Å². The molecule has 0 aliphatic heterocycles. The minimum Gasteiger partial charge on any atom is -0.490 e. The summed E-state index contributed by atoms with van der Waals surface area (Å²) < 4.78 is 11.1. The third-order valence-corrected chi connectivity index (χ3v) is 3.70. The zero-order valence-corrected chi connectivity index (χ0v) is 17.1. The van der Waals surface area contributed by atoms with E-state index in [0.717, 1.165) is 0 Å². The first-order valence-corrected chi connectivity index (χ1v) is 9.37. The zero-order chi connectivity index (χ0) is 20.7. The maximum Gasteiger partial charge on any atom is 0.255 e. The van der Waals surface area contributed by atoms with Gasteiger partial charge in [0.2, 0.25) is 0 Å². The molecule has 0 unspecified atom stereocenters. The molecule has 0 radical (unpaired) electrons. The van der Waals surface area contributed by atoms with Gasteiger partial charge in [0, 0.05) is 22.4 Å². The average molecular weight is 384 g/mol. The van der Waals surface area contributed by atoms with Gasteiger partial charge in [-0.2, -0.15) is 0 Å². The summed E-state index contributed by atoms with van der Waals surface area (Å²) in [5.74, 6) is 0.718. The Labute approximate surface area is 166 Å². The molecule has 2 rings (SSSR count). The monoisotopic (exact) mass is 384 g/mol. The van der Waals surface area contributed by atoms with Crippen molar-refractivity contribution in [3.8, 4) is 11.5 Å². The summed E-state index contributed by atoms with van der Waals surface area (Å²) in [6.07, 6.45) is 0. The van der Waals surface area contributed by atoms with Gasteiger partial charge in [-0.1, -0.05) is 0 Å². The minimum atomic E-state index is -0.310. The SMILES string of the molecule is CCOc1ccc(C(=O)Nc2ccc(C(=O)NC(C)(C)C)cc2)cc1OCC. The predicted octanol–water partition coefficient (Wildman–Crippen LogP) is 4.26. The number of hydrogen-bond donors (Lipinski definition) is 2. The molecule has 0 aliphatic rings. The number of anilines is 1. The molecular formula is C22H28N2O4. The second kappa shape index (κ2) is 9.26. The molecule has 2 aromatic carbocycles. The highest BCUT2D eigenvalue weighted by atomic mass is 16.5. The Morgan fingerprint density at radius 1 is 0.821 bits per heavy atom. The van der Waals surface area contributed by atoms with Crippen molar-refractivity contribution in [3.63, 3.8) is 0 Å². The van der Waals surface area contributed by atoms with Crippen LogP contribution in [0, 0.1) is 0 Å². The van der Waals surface area contributed by atoms with Gasteiger partial charge in [0.25, 0.3) is 11.8 Å². The highest BCUT2D eigenvalue weighted by Gasteiger charge is 2.16. The maximum absolute atomic E-state index is 12.6. The Bertz CT molecular complexity index is 823. The maximum atomic E-state index is 12.6. The molecule has 0 saturated carbocycles. The molecule has 0 saturated heterocycles. The number of benzene rings is 2. The topological polar surface area (TPSA) is 76.7 Å². The van der Waals surface area contributed by atoms with E-state index in [0.29, 0.717) is 41.5 Å². The number of rotatable bonds is 7. The van der Waals surface area contributed by atoms with Gasteiger partial charge in [-0.3, -0.25) is 9.59 Å². The fourth-order valence-corrected chi connectivity index (χ4v) is 2.51. The van der Waals surface area contributed by atoms with Gasteiger partial charge in [-0.15, -0.1) is 0 Å². The molecule has 0 aromatic heterocycles. The molecule has 0 aliphatic carbocycles. The van der Waals surface area contributed by atoms with Crippen LogP contribution >= 0.6 is 0 Å². The van der Waals surface area contributed by atoms with E-state index in [4.69, 9.17) is 9.47 Å². The Balaban J connectivity index is 2.10. The third-order valence-electron chi connectivity index (χ3n) is 3.70. The molecule has 150 valence electrons. The van der Waals surface area contributed by atoms with E-state index in [1.807, 2.05) is 34.6 Å². The quantitative estimate of drug-likeness (QED) is 0.748. The van der Waals surface area contributed by atoms with Crippen LogP contribution in [0.3, 0.4) is 0 Å². The van der Waals surface area contributed by atoms with Gasteiger partial charge in [0.15, 0.2) is 11.5 Å². The molecule has 28 heavy (non-hydrogen) atoms. The fraction of sp³-hybridized carbons (Fsp3) is 0.364. The molecule has 2 amide bonds. The van der Waals surface area contributed by atoms with E-state index in [9.17, 15) is 9.59 Å². The van der Waals surface area contributed by atoms with Crippen molar-refractivity contribution in [2.24, 2.45) is 0 Å². The molecule has 0 heterocycles. The standard InChI is InChI=1S/C22H28N2O4/c1-6-27-18-13-10-16(14-19(18)28-7-2)20(25)23-17-11-8-15(9-12-17)21(26)24-22(3,4)5/h8-14H,6-7H2,1-5H3,(H,23,25)(H,24,26). The van der Waals surface area contributed by atoms with E-state index >= 15 is 0 Å². The normalized spacial score (nSPS) is 10.9. The second-order valence-corrected chi connectivity index (χ2v) is 7.26. The molecule has 0 fully saturated rings. The van der Waals surface area contributed by atoms with Crippen molar-refractivity contribution in [2.75, 3.05) is 18.5 Å². The summed E-state index contributed by atoms with van der Waals surface area (Å²) in [4.78, 5) is 24.7. The molecule has 2 aromatic rings. The molecule has 0 atom stereocenters. The van der Waals surface area contributed by atoms with Crippen LogP contribution in [0.4, 0.5) is 5.69 Å². The lowest BCUT2D eigenvalue weighted by Crippen LogP contribution is -2.40. The third kappa shape index (κ3) is 6.01. The number of ether oxygens (including phenoxy) is 2. The Hall–Kier alpha value is -3.02. The van der Waals surface area contributed by atoms with Crippen molar-refractivity contribution in [2.45, 2.75) is 40.2 Å². The predicted molar refractivity (Wildman–Crippen MR) is 110 cm³/mol. The number of hydrogen-bond acceptors (Lipinski definition) is 4. The highest BCUT2D eigenvalue weighted by molar-refractivity contribution is 6.05. The fourth-order valence-electron chi connectivity index (χ4n) is 2.51. The summed E-state index contributed by atoms with van der Waals surface area (Å²) >= 11 is 0. The lowest BCUT2D eigenvalue weighted by atomic mass is 10.1. The van der Waals surface area contributed by atoms with E-state index in [1.54, 1.807) is 42.5 Å². The van der Waals surface area contributed by atoms with Crippen LogP contribution in [0.2, 0.25) is 0 Å². The van der Waals surface area contributed by atoms with Crippen LogP contribution in [0.25, 0.3) is 0 Å². The van der Waals surface area contributed by atoms with Crippen LogP contribution in [0.1, 0.15) is 55.3 Å². The van der Waals surface area contributed by atoms with Gasteiger partial charge in [-0.25, -0.2) is 0 Å². The summed E-state index contributed by atoms with van der Waals surface area (Å²) in [7, 11) is 0. The Morgan fingerprint density at radius 2 is 1.39 bits per heavy atom. The van der Waals surface area contributed by atoms with E-state index in [2.05, 4.69) is 10.6 Å². The summed E-state index contributed by atoms with van der Waals surface area (Å²) in [5, 5.41) is 5.73. The summed E-state index contributed by atoms with van der Waals surface area (Å²) in [6, 6.07) is 11.8. The smallest absolute Gasteiger partial charge is 0.255 e. The first-order valence-electron chi connectivity index (χ1n) is 9.37. The molecule has 0 spiro atoms. The van der Waals surface area contributed by atoms with Gasteiger partial charge < -0.3 is 20.1 Å². The first-order chi connectivity index (χ1) is 13.2. The van der Waals surface area contributed by atoms with E-state index in [1.165, 1.54) is 0 Å². The van der Waals surface area contributed by atoms with Crippen molar-refractivity contribution >= 4 is 17.5 Å². The first kappa shape index (κ1) is 21.3. The molecule has 6 nitrogen and oxygen atoms in total. The van der Waals surface area contributed by atoms with Crippen molar-refractivity contribution in [3.05, 3.63) is 53.6 Å². The van der Waals surface area contributed by atoms with E-state index in [-0.39, 0.29) is 17.4 Å². The average Bonchev–Trinajstić information content (AvgIpc) is 2.62. The lowest BCUT2D eigenvalue weighted by Gasteiger charge is -2.20. The second-order valence-electron chi connectivity index (χ2n) is 7.26. The highest BCUT2D eigenvalue weighted by Crippen LogP contribution is 2.29. The number of nitrogens with one attached hydrogen (secondary N) is 2. The van der Waals surface area contributed by atoms with Crippen molar-refractivity contribution in [1.82, 2.24) is 5.32 Å². The van der Waals surface area contributed by atoms with Crippen molar-refractivity contribution < 1.29 is 19.1 Å². The van der Waals surface area contributed by atoms with Crippen LogP contribution in [0.15, 0.2) is 42.5 Å². The molecule has 6 heteroatoms. The molecule has 2 N–H and O–H groups in total. The largest absolute Gasteiger partial charge is 0.490 e. The summed E-state index contributed by atoms with van der Waals surface area (Å²) in [6.45, 7) is 10.5. The van der Waals surface area contributed by atoms with E-state index < -0.39 is 0 Å². The Kier molecular flexibility index (Phi) is 7.04. The van der Waals surface area contributed by atoms with Crippen LogP contribution in [-0.2, 0) is 0 Å². The molecule has 0 bridgehead atoms.